The van der Waals surface area contributed by atoms with Crippen LogP contribution < -0.4 is 15.0 Å². The van der Waals surface area contributed by atoms with Crippen molar-refractivity contribution >= 4 is 35.2 Å². The third kappa shape index (κ3) is 4.71. The van der Waals surface area contributed by atoms with Crippen molar-refractivity contribution in [3.63, 3.8) is 0 Å². The maximum atomic E-state index is 13.0. The fourth-order valence-electron chi connectivity index (χ4n) is 2.80. The topological polar surface area (TPSA) is 67.9 Å². The molecule has 0 aromatic heterocycles. The number of carbonyl (C=O) groups is 2. The Labute approximate surface area is 168 Å². The van der Waals surface area contributed by atoms with Crippen molar-refractivity contribution in [2.75, 3.05) is 31.7 Å². The zero-order valence-corrected chi connectivity index (χ0v) is 16.2. The minimum atomic E-state index is -0.398. The van der Waals surface area contributed by atoms with E-state index in [9.17, 15) is 9.59 Å². The first-order valence-electron chi connectivity index (χ1n) is 8.91. The molecule has 28 heavy (non-hydrogen) atoms. The van der Waals surface area contributed by atoms with E-state index in [1.54, 1.807) is 43.5 Å². The predicted molar refractivity (Wildman–Crippen MR) is 108 cm³/mol. The summed E-state index contributed by atoms with van der Waals surface area (Å²) in [6.07, 6.45) is 2.29. The van der Waals surface area contributed by atoms with Gasteiger partial charge in [-0.05, 0) is 36.3 Å². The van der Waals surface area contributed by atoms with E-state index >= 15 is 0 Å². The molecular formula is C21H21ClN2O4. The Morgan fingerprint density at radius 2 is 1.96 bits per heavy atom. The van der Waals surface area contributed by atoms with E-state index in [2.05, 4.69) is 5.32 Å². The molecule has 0 fully saturated rings. The quantitative estimate of drug-likeness (QED) is 0.572. The summed E-state index contributed by atoms with van der Waals surface area (Å²) in [7, 11) is 1.61. The van der Waals surface area contributed by atoms with Crippen molar-refractivity contribution in [2.45, 2.75) is 6.42 Å². The summed E-state index contributed by atoms with van der Waals surface area (Å²) in [5.41, 5.74) is 1.21. The van der Waals surface area contributed by atoms with Crippen molar-refractivity contribution in [2.24, 2.45) is 0 Å². The molecule has 3 rings (SSSR count). The molecule has 1 aliphatic heterocycles. The van der Waals surface area contributed by atoms with E-state index in [1.807, 2.05) is 18.2 Å². The van der Waals surface area contributed by atoms with Crippen LogP contribution in [0.5, 0.6) is 5.75 Å². The fraction of sp³-hybridized carbons (Fsp3) is 0.238. The number of halogens is 1. The van der Waals surface area contributed by atoms with Crippen molar-refractivity contribution in [3.05, 3.63) is 64.9 Å². The van der Waals surface area contributed by atoms with Crippen LogP contribution in [0.2, 0.25) is 5.02 Å². The number of methoxy groups -OCH3 is 1. The molecular weight excluding hydrogens is 380 g/mol. The van der Waals surface area contributed by atoms with Gasteiger partial charge in [-0.1, -0.05) is 41.9 Å². The lowest BCUT2D eigenvalue weighted by atomic mass is 10.1. The molecule has 0 atom stereocenters. The Morgan fingerprint density at radius 3 is 2.75 bits per heavy atom. The highest BCUT2D eigenvalue weighted by Gasteiger charge is 2.31. The summed E-state index contributed by atoms with van der Waals surface area (Å²) in [5, 5.41) is 3.30. The monoisotopic (exact) mass is 400 g/mol. The molecule has 2 aromatic rings. The van der Waals surface area contributed by atoms with Crippen LogP contribution in [0.1, 0.15) is 12.0 Å². The number of carbonyl (C=O) groups excluding carboxylic acids is 2. The summed E-state index contributed by atoms with van der Waals surface area (Å²) >= 11 is 6.20. The molecule has 0 saturated carbocycles. The number of fused-ring (bicyclic) bond motifs is 1. The van der Waals surface area contributed by atoms with Gasteiger partial charge in [0.05, 0.1) is 5.69 Å². The van der Waals surface area contributed by atoms with Crippen molar-refractivity contribution in [3.8, 4) is 5.75 Å². The molecule has 6 nitrogen and oxygen atoms in total. The van der Waals surface area contributed by atoms with E-state index in [0.29, 0.717) is 41.6 Å². The lowest BCUT2D eigenvalue weighted by Crippen LogP contribution is -2.44. The van der Waals surface area contributed by atoms with Gasteiger partial charge in [-0.15, -0.1) is 0 Å². The molecule has 1 heterocycles. The average Bonchev–Trinajstić information content (AvgIpc) is 2.70. The van der Waals surface area contributed by atoms with Gasteiger partial charge in [0.2, 0.25) is 5.91 Å². The lowest BCUT2D eigenvalue weighted by molar-refractivity contribution is -0.123. The molecule has 0 radical (unpaired) electrons. The van der Waals surface area contributed by atoms with E-state index in [0.717, 1.165) is 0 Å². The molecule has 2 amide bonds. The van der Waals surface area contributed by atoms with Crippen LogP contribution in [0.4, 0.5) is 5.69 Å². The van der Waals surface area contributed by atoms with E-state index in [4.69, 9.17) is 21.1 Å². The highest BCUT2D eigenvalue weighted by Crippen LogP contribution is 2.35. The first-order valence-corrected chi connectivity index (χ1v) is 9.28. The number of para-hydroxylation sites is 2. The van der Waals surface area contributed by atoms with Gasteiger partial charge in [0.1, 0.15) is 6.54 Å². The van der Waals surface area contributed by atoms with Gasteiger partial charge in [-0.2, -0.15) is 0 Å². The van der Waals surface area contributed by atoms with Gasteiger partial charge in [0.15, 0.2) is 11.5 Å². The SMILES string of the molecule is COCCCNC(=O)CN1C(=O)/C(=C\c2ccccc2Cl)Oc2ccccc21. The van der Waals surface area contributed by atoms with Crippen LogP contribution in [0.3, 0.4) is 0 Å². The van der Waals surface area contributed by atoms with Crippen molar-refractivity contribution < 1.29 is 19.1 Å². The molecule has 0 bridgehead atoms. The summed E-state index contributed by atoms with van der Waals surface area (Å²) in [6, 6.07) is 14.3. The minimum absolute atomic E-state index is 0.105. The van der Waals surface area contributed by atoms with Gasteiger partial charge in [0.25, 0.3) is 5.91 Å². The molecule has 1 aliphatic rings. The average molecular weight is 401 g/mol. The maximum absolute atomic E-state index is 13.0. The molecule has 2 aromatic carbocycles. The van der Waals surface area contributed by atoms with Gasteiger partial charge in [-0.25, -0.2) is 0 Å². The van der Waals surface area contributed by atoms with Crippen LogP contribution in [0.15, 0.2) is 54.3 Å². The number of anilines is 1. The van der Waals surface area contributed by atoms with Crippen molar-refractivity contribution in [1.29, 1.82) is 0 Å². The van der Waals surface area contributed by atoms with Crippen LogP contribution in [0, 0.1) is 0 Å². The Kier molecular flexibility index (Phi) is 6.68. The van der Waals surface area contributed by atoms with Crippen LogP contribution in [-0.2, 0) is 14.3 Å². The Morgan fingerprint density at radius 1 is 1.21 bits per heavy atom. The van der Waals surface area contributed by atoms with E-state index in [-0.39, 0.29) is 18.2 Å². The van der Waals surface area contributed by atoms with E-state index in [1.165, 1.54) is 4.90 Å². The molecule has 146 valence electrons. The number of nitrogens with one attached hydrogen (secondary N) is 1. The molecule has 0 saturated heterocycles. The van der Waals surface area contributed by atoms with Gasteiger partial charge >= 0.3 is 0 Å². The van der Waals surface area contributed by atoms with Crippen molar-refractivity contribution in [1.82, 2.24) is 5.32 Å². The largest absolute Gasteiger partial charge is 0.449 e. The molecule has 0 unspecified atom stereocenters. The summed E-state index contributed by atoms with van der Waals surface area (Å²) in [4.78, 5) is 26.7. The van der Waals surface area contributed by atoms with Gasteiger partial charge in [-0.3, -0.25) is 14.5 Å². The zero-order valence-electron chi connectivity index (χ0n) is 15.5. The van der Waals surface area contributed by atoms with Crippen LogP contribution in [0.25, 0.3) is 6.08 Å². The molecule has 0 spiro atoms. The summed E-state index contributed by atoms with van der Waals surface area (Å²) in [6.45, 7) is 0.936. The third-order valence-corrected chi connectivity index (χ3v) is 4.52. The minimum Gasteiger partial charge on any atom is -0.449 e. The smallest absolute Gasteiger partial charge is 0.294 e. The molecule has 7 heteroatoms. The number of hydrogen-bond donors (Lipinski definition) is 1. The highest BCUT2D eigenvalue weighted by atomic mass is 35.5. The van der Waals surface area contributed by atoms with Gasteiger partial charge in [0, 0.05) is 25.3 Å². The molecule has 1 N–H and O–H groups in total. The first-order chi connectivity index (χ1) is 13.6. The Bertz CT molecular complexity index is 897. The Balaban J connectivity index is 1.83. The number of benzene rings is 2. The second kappa shape index (κ2) is 9.39. The summed E-state index contributed by atoms with van der Waals surface area (Å²) in [5.74, 6) is -0.0320. The second-order valence-electron chi connectivity index (χ2n) is 6.19. The molecule has 0 aliphatic carbocycles. The predicted octanol–water partition coefficient (Wildman–Crippen LogP) is 3.26. The number of amides is 2. The second-order valence-corrected chi connectivity index (χ2v) is 6.59. The number of hydrogen-bond acceptors (Lipinski definition) is 4. The number of ether oxygens (including phenoxy) is 2. The first kappa shape index (κ1) is 19.9. The normalized spacial score (nSPS) is 14.6. The zero-order chi connectivity index (χ0) is 19.9. The standard InChI is InChI=1S/C21H21ClN2O4/c1-27-12-6-11-23-20(25)14-24-17-9-4-5-10-18(17)28-19(21(24)26)13-15-7-2-3-8-16(15)22/h2-5,7-10,13H,6,11-12,14H2,1H3,(H,23,25)/b19-13+. The maximum Gasteiger partial charge on any atom is 0.294 e. The Hall–Kier alpha value is -2.83. The summed E-state index contributed by atoms with van der Waals surface area (Å²) < 4.78 is 10.8. The highest BCUT2D eigenvalue weighted by molar-refractivity contribution is 6.32. The van der Waals surface area contributed by atoms with Crippen LogP contribution >= 0.6 is 11.6 Å². The van der Waals surface area contributed by atoms with Crippen LogP contribution in [-0.4, -0.2) is 38.6 Å². The number of rotatable bonds is 7. The number of nitrogens with zero attached hydrogens (tertiary/aromatic N) is 1. The van der Waals surface area contributed by atoms with Gasteiger partial charge < -0.3 is 14.8 Å². The van der Waals surface area contributed by atoms with E-state index < -0.39 is 5.91 Å². The fourth-order valence-corrected chi connectivity index (χ4v) is 2.99. The third-order valence-electron chi connectivity index (χ3n) is 4.17. The lowest BCUT2D eigenvalue weighted by Gasteiger charge is -2.30.